The van der Waals surface area contributed by atoms with Crippen molar-refractivity contribution in [3.63, 3.8) is 0 Å². The summed E-state index contributed by atoms with van der Waals surface area (Å²) < 4.78 is 0. The Bertz CT molecular complexity index is 1050. The first-order chi connectivity index (χ1) is 15.8. The highest BCUT2D eigenvalue weighted by Gasteiger charge is 2.31. The van der Waals surface area contributed by atoms with E-state index in [4.69, 9.17) is 0 Å². The molecule has 2 heterocycles. The van der Waals surface area contributed by atoms with Crippen molar-refractivity contribution < 1.29 is 9.90 Å². The van der Waals surface area contributed by atoms with Crippen LogP contribution in [0.2, 0.25) is 0 Å². The average Bonchev–Trinajstić information content (AvgIpc) is 2.81. The molecule has 0 aliphatic carbocycles. The standard InChI is InChI=1S/C26H29N5O2/c1-26(2,3)22(31-25(32)33)17-30-24(19-8-4-7-18(13-19)14-27)23(20-9-5-11-28-15-20)21-10-6-12-29-16-21/h4-13,15-16,22-24,30-31H,17H2,1-3H3,(H,32,33). The van der Waals surface area contributed by atoms with Crippen molar-refractivity contribution in [2.45, 2.75) is 38.8 Å². The van der Waals surface area contributed by atoms with Crippen molar-refractivity contribution in [2.75, 3.05) is 6.54 Å². The summed E-state index contributed by atoms with van der Waals surface area (Å²) >= 11 is 0. The van der Waals surface area contributed by atoms with E-state index >= 15 is 0 Å². The van der Waals surface area contributed by atoms with Crippen LogP contribution in [0, 0.1) is 16.7 Å². The minimum absolute atomic E-state index is 0.160. The van der Waals surface area contributed by atoms with Gasteiger partial charge in [0, 0.05) is 49.3 Å². The molecule has 33 heavy (non-hydrogen) atoms. The summed E-state index contributed by atoms with van der Waals surface area (Å²) in [5.41, 5.74) is 3.16. The van der Waals surface area contributed by atoms with Crippen molar-refractivity contribution in [3.8, 4) is 6.07 Å². The molecule has 3 aromatic rings. The van der Waals surface area contributed by atoms with Gasteiger partial charge in [0.25, 0.3) is 0 Å². The summed E-state index contributed by atoms with van der Waals surface area (Å²) in [6, 6.07) is 16.9. The molecule has 2 aromatic heterocycles. The average molecular weight is 444 g/mol. The van der Waals surface area contributed by atoms with Gasteiger partial charge in [-0.05, 0) is 46.4 Å². The highest BCUT2D eigenvalue weighted by Crippen LogP contribution is 2.37. The van der Waals surface area contributed by atoms with E-state index in [0.717, 1.165) is 16.7 Å². The highest BCUT2D eigenvalue weighted by atomic mass is 16.4. The summed E-state index contributed by atoms with van der Waals surface area (Å²) in [5, 5.41) is 25.1. The van der Waals surface area contributed by atoms with Crippen LogP contribution < -0.4 is 10.6 Å². The number of rotatable bonds is 8. The van der Waals surface area contributed by atoms with Gasteiger partial charge in [0.15, 0.2) is 0 Å². The molecular formula is C26H29N5O2. The van der Waals surface area contributed by atoms with Gasteiger partial charge in [-0.3, -0.25) is 9.97 Å². The molecule has 0 saturated heterocycles. The molecule has 0 bridgehead atoms. The summed E-state index contributed by atoms with van der Waals surface area (Å²) in [5.74, 6) is -0.160. The molecule has 0 aliphatic heterocycles. The number of carbonyl (C=O) groups is 1. The SMILES string of the molecule is CC(C)(C)C(CNC(c1cccc(C#N)c1)C(c1cccnc1)c1cccnc1)NC(=O)O. The minimum Gasteiger partial charge on any atom is -0.465 e. The lowest BCUT2D eigenvalue weighted by Crippen LogP contribution is -2.50. The second kappa shape index (κ2) is 10.7. The second-order valence-corrected chi connectivity index (χ2v) is 9.04. The third-order valence-electron chi connectivity index (χ3n) is 5.68. The van der Waals surface area contributed by atoms with Crippen LogP contribution in [0.5, 0.6) is 0 Å². The molecule has 3 N–H and O–H groups in total. The zero-order valence-electron chi connectivity index (χ0n) is 19.1. The van der Waals surface area contributed by atoms with E-state index in [1.807, 2.05) is 75.6 Å². The fourth-order valence-corrected chi connectivity index (χ4v) is 3.89. The van der Waals surface area contributed by atoms with Crippen LogP contribution in [0.15, 0.2) is 73.3 Å². The number of aromatic nitrogens is 2. The van der Waals surface area contributed by atoms with Gasteiger partial charge in [-0.2, -0.15) is 5.26 Å². The molecule has 3 rings (SSSR count). The Morgan fingerprint density at radius 1 is 1.03 bits per heavy atom. The number of nitrogens with one attached hydrogen (secondary N) is 2. The lowest BCUT2D eigenvalue weighted by Gasteiger charge is -2.35. The Kier molecular flexibility index (Phi) is 7.75. The lowest BCUT2D eigenvalue weighted by atomic mass is 9.81. The zero-order valence-corrected chi connectivity index (χ0v) is 19.1. The van der Waals surface area contributed by atoms with Crippen molar-refractivity contribution in [3.05, 3.63) is 95.6 Å². The van der Waals surface area contributed by atoms with Crippen LogP contribution in [0.1, 0.15) is 55.0 Å². The first-order valence-electron chi connectivity index (χ1n) is 10.8. The molecule has 7 nitrogen and oxygen atoms in total. The first kappa shape index (κ1) is 23.9. The summed E-state index contributed by atoms with van der Waals surface area (Å²) in [6.45, 7) is 6.40. The summed E-state index contributed by atoms with van der Waals surface area (Å²) in [7, 11) is 0. The van der Waals surface area contributed by atoms with E-state index in [-0.39, 0.29) is 23.4 Å². The van der Waals surface area contributed by atoms with E-state index < -0.39 is 6.09 Å². The molecule has 1 amide bonds. The minimum atomic E-state index is -1.06. The molecule has 0 radical (unpaired) electrons. The van der Waals surface area contributed by atoms with Gasteiger partial charge in [0.05, 0.1) is 11.6 Å². The molecule has 0 aliphatic rings. The molecule has 0 fully saturated rings. The van der Waals surface area contributed by atoms with Crippen LogP contribution in [0.25, 0.3) is 0 Å². The van der Waals surface area contributed by atoms with Gasteiger partial charge in [-0.1, -0.05) is 45.0 Å². The van der Waals surface area contributed by atoms with Crippen LogP contribution >= 0.6 is 0 Å². The van der Waals surface area contributed by atoms with Crippen LogP contribution in [0.3, 0.4) is 0 Å². The van der Waals surface area contributed by atoms with E-state index in [0.29, 0.717) is 12.1 Å². The molecule has 7 heteroatoms. The van der Waals surface area contributed by atoms with Crippen LogP contribution in [-0.4, -0.2) is 33.8 Å². The molecule has 0 spiro atoms. The van der Waals surface area contributed by atoms with E-state index in [9.17, 15) is 15.2 Å². The van der Waals surface area contributed by atoms with Crippen molar-refractivity contribution in [1.29, 1.82) is 5.26 Å². The van der Waals surface area contributed by atoms with Crippen LogP contribution in [0.4, 0.5) is 4.79 Å². The van der Waals surface area contributed by atoms with Gasteiger partial charge < -0.3 is 15.7 Å². The topological polar surface area (TPSA) is 111 Å². The largest absolute Gasteiger partial charge is 0.465 e. The maximum absolute atomic E-state index is 11.4. The number of nitriles is 1. The zero-order chi connectivity index (χ0) is 23.8. The Morgan fingerprint density at radius 2 is 1.64 bits per heavy atom. The van der Waals surface area contributed by atoms with E-state index in [1.165, 1.54) is 0 Å². The smallest absolute Gasteiger partial charge is 0.404 e. The van der Waals surface area contributed by atoms with Gasteiger partial charge in [-0.15, -0.1) is 0 Å². The molecule has 1 aromatic carbocycles. The number of carboxylic acid groups (broad SMARTS) is 1. The Morgan fingerprint density at radius 3 is 2.12 bits per heavy atom. The Balaban J connectivity index is 2.08. The number of hydrogen-bond donors (Lipinski definition) is 3. The van der Waals surface area contributed by atoms with Crippen molar-refractivity contribution in [2.24, 2.45) is 5.41 Å². The van der Waals surface area contributed by atoms with Crippen molar-refractivity contribution >= 4 is 6.09 Å². The second-order valence-electron chi connectivity index (χ2n) is 9.04. The van der Waals surface area contributed by atoms with Gasteiger partial charge in [0.2, 0.25) is 0 Å². The molecular weight excluding hydrogens is 414 g/mol. The number of pyridine rings is 2. The first-order valence-corrected chi connectivity index (χ1v) is 10.8. The Labute approximate surface area is 194 Å². The molecule has 0 saturated carbocycles. The molecule has 2 atom stereocenters. The lowest BCUT2D eigenvalue weighted by molar-refractivity contribution is 0.172. The van der Waals surface area contributed by atoms with Crippen molar-refractivity contribution in [1.82, 2.24) is 20.6 Å². The van der Waals surface area contributed by atoms with Gasteiger partial charge in [0.1, 0.15) is 0 Å². The monoisotopic (exact) mass is 443 g/mol. The summed E-state index contributed by atoms with van der Waals surface area (Å²) in [6.07, 6.45) is 6.06. The maximum atomic E-state index is 11.4. The quantitative estimate of drug-likeness (QED) is 0.473. The number of benzene rings is 1. The fourth-order valence-electron chi connectivity index (χ4n) is 3.89. The number of nitrogens with zero attached hydrogens (tertiary/aromatic N) is 3. The molecule has 170 valence electrons. The third-order valence-corrected chi connectivity index (χ3v) is 5.68. The Hall–Kier alpha value is -3.76. The van der Waals surface area contributed by atoms with E-state index in [1.54, 1.807) is 18.5 Å². The molecule has 2 unspecified atom stereocenters. The number of amides is 1. The van der Waals surface area contributed by atoms with E-state index in [2.05, 4.69) is 26.7 Å². The number of hydrogen-bond acceptors (Lipinski definition) is 5. The normalized spacial score (nSPS) is 13.2. The highest BCUT2D eigenvalue weighted by molar-refractivity contribution is 5.65. The predicted molar refractivity (Wildman–Crippen MR) is 127 cm³/mol. The predicted octanol–water partition coefficient (Wildman–Crippen LogP) is 4.49. The van der Waals surface area contributed by atoms with Crippen LogP contribution in [-0.2, 0) is 0 Å². The van der Waals surface area contributed by atoms with Gasteiger partial charge >= 0.3 is 6.09 Å². The fraction of sp³-hybridized carbons (Fsp3) is 0.308. The summed E-state index contributed by atoms with van der Waals surface area (Å²) in [4.78, 5) is 20.1. The third kappa shape index (κ3) is 6.37. The maximum Gasteiger partial charge on any atom is 0.404 e. The van der Waals surface area contributed by atoms with Gasteiger partial charge in [-0.25, -0.2) is 4.79 Å².